The summed E-state index contributed by atoms with van der Waals surface area (Å²) >= 11 is 0. The zero-order valence-electron chi connectivity index (χ0n) is 8.90. The topological polar surface area (TPSA) is 98.8 Å². The second kappa shape index (κ2) is 3.89. The van der Waals surface area contributed by atoms with Crippen LogP contribution < -0.4 is 9.75 Å². The first-order valence-corrected chi connectivity index (χ1v) is 4.79. The summed E-state index contributed by atoms with van der Waals surface area (Å²) in [5, 5.41) is 21.5. The number of benzene rings is 1. The lowest BCUT2D eigenvalue weighted by Crippen LogP contribution is -2.42. The summed E-state index contributed by atoms with van der Waals surface area (Å²) in [7, 11) is 1.42. The Hall–Kier alpha value is -2.38. The van der Waals surface area contributed by atoms with Gasteiger partial charge < -0.3 is 4.74 Å². The minimum atomic E-state index is -1.38. The van der Waals surface area contributed by atoms with Gasteiger partial charge >= 0.3 is 6.17 Å². The predicted molar refractivity (Wildman–Crippen MR) is 57.0 cm³/mol. The Bertz CT molecular complexity index is 490. The minimum Gasteiger partial charge on any atom is -0.496 e. The van der Waals surface area contributed by atoms with Gasteiger partial charge in [0.15, 0.2) is 5.03 Å². The molecule has 8 nitrogen and oxygen atoms in total. The van der Waals surface area contributed by atoms with Crippen molar-refractivity contribution in [3.8, 4) is 5.75 Å². The second-order valence-electron chi connectivity index (χ2n) is 3.51. The fourth-order valence-corrected chi connectivity index (χ4v) is 1.96. The molecule has 1 aliphatic heterocycles. The third-order valence-electron chi connectivity index (χ3n) is 2.66. The number of nitro groups is 2. The fourth-order valence-electron chi connectivity index (χ4n) is 1.96. The average molecular weight is 239 g/mol. The van der Waals surface area contributed by atoms with Crippen LogP contribution >= 0.6 is 0 Å². The van der Waals surface area contributed by atoms with Crippen molar-refractivity contribution in [2.45, 2.75) is 12.6 Å². The smallest absolute Gasteiger partial charge is 0.345 e. The van der Waals surface area contributed by atoms with Crippen molar-refractivity contribution in [1.29, 1.82) is 0 Å². The van der Waals surface area contributed by atoms with Crippen molar-refractivity contribution in [2.75, 3.05) is 12.1 Å². The molecule has 0 saturated heterocycles. The van der Waals surface area contributed by atoms with Crippen LogP contribution in [0.4, 0.5) is 5.69 Å². The summed E-state index contributed by atoms with van der Waals surface area (Å²) in [6.45, 7) is 0. The molecule has 1 atom stereocenters. The molecule has 0 saturated carbocycles. The highest BCUT2D eigenvalue weighted by Crippen LogP contribution is 2.38. The summed E-state index contributed by atoms with van der Waals surface area (Å²) in [6, 6.07) is 4.67. The lowest BCUT2D eigenvalue weighted by molar-refractivity contribution is -0.596. The summed E-state index contributed by atoms with van der Waals surface area (Å²) in [6.07, 6.45) is -1.41. The number of hydrogen-bond acceptors (Lipinski definition) is 5. The van der Waals surface area contributed by atoms with Gasteiger partial charge in [-0.1, -0.05) is 6.07 Å². The van der Waals surface area contributed by atoms with Crippen molar-refractivity contribution in [2.24, 2.45) is 0 Å². The number of methoxy groups -OCH3 is 1. The maximum Gasteiger partial charge on any atom is 0.345 e. The van der Waals surface area contributed by atoms with E-state index >= 15 is 0 Å². The Morgan fingerprint density at radius 2 is 2.12 bits per heavy atom. The number of anilines is 1. The monoisotopic (exact) mass is 239 g/mol. The van der Waals surface area contributed by atoms with Crippen LogP contribution in [0.1, 0.15) is 5.56 Å². The van der Waals surface area contributed by atoms with Crippen molar-refractivity contribution in [3.05, 3.63) is 44.0 Å². The van der Waals surface area contributed by atoms with Crippen LogP contribution in [-0.4, -0.2) is 23.2 Å². The van der Waals surface area contributed by atoms with E-state index in [2.05, 4.69) is 0 Å². The molecule has 0 fully saturated rings. The minimum absolute atomic E-state index is 0.0344. The molecule has 1 aromatic rings. The highest BCUT2D eigenvalue weighted by Gasteiger charge is 2.47. The van der Waals surface area contributed by atoms with E-state index < -0.39 is 16.1 Å². The molecule has 0 amide bonds. The molecular formula is C9H9N3O5. The molecule has 0 spiro atoms. The third-order valence-corrected chi connectivity index (χ3v) is 2.66. The van der Waals surface area contributed by atoms with Gasteiger partial charge in [-0.15, -0.1) is 0 Å². The van der Waals surface area contributed by atoms with Gasteiger partial charge in [0.25, 0.3) is 0 Å². The summed E-state index contributed by atoms with van der Waals surface area (Å²) < 4.78 is 5.04. The summed E-state index contributed by atoms with van der Waals surface area (Å²) in [5.41, 5.74) is 0.712. The van der Waals surface area contributed by atoms with E-state index in [0.717, 1.165) is 0 Å². The molecule has 2 rings (SSSR count). The van der Waals surface area contributed by atoms with Crippen LogP contribution in [0, 0.1) is 20.2 Å². The van der Waals surface area contributed by atoms with Gasteiger partial charge in [-0.3, -0.25) is 10.1 Å². The van der Waals surface area contributed by atoms with E-state index in [0.29, 0.717) is 16.3 Å². The van der Waals surface area contributed by atoms with E-state index in [9.17, 15) is 20.2 Å². The van der Waals surface area contributed by atoms with Gasteiger partial charge in [-0.05, 0) is 17.1 Å². The second-order valence-corrected chi connectivity index (χ2v) is 3.51. The zero-order valence-corrected chi connectivity index (χ0v) is 8.90. The first-order chi connectivity index (χ1) is 8.06. The molecule has 17 heavy (non-hydrogen) atoms. The van der Waals surface area contributed by atoms with E-state index in [1.807, 2.05) is 0 Å². The molecule has 0 aliphatic carbocycles. The van der Waals surface area contributed by atoms with E-state index in [4.69, 9.17) is 4.74 Å². The van der Waals surface area contributed by atoms with Gasteiger partial charge in [0.1, 0.15) is 11.4 Å². The standard InChI is InChI=1S/C9H9N3O5/c1-17-8-4-2-3-7-6(8)5-9(11(13)14)10(7)12(15)16/h2-4,9H,5H2,1H3. The Labute approximate surface area is 95.7 Å². The Kier molecular flexibility index (Phi) is 2.54. The summed E-state index contributed by atoms with van der Waals surface area (Å²) in [5.74, 6) is 0.429. The Morgan fingerprint density at radius 3 is 2.65 bits per heavy atom. The van der Waals surface area contributed by atoms with Crippen LogP contribution in [0.2, 0.25) is 0 Å². The molecule has 1 aromatic carbocycles. The number of hydrogen-bond donors (Lipinski definition) is 0. The molecule has 8 heteroatoms. The van der Waals surface area contributed by atoms with E-state index in [1.165, 1.54) is 13.2 Å². The van der Waals surface area contributed by atoms with Gasteiger partial charge in [0.05, 0.1) is 18.5 Å². The number of nitrogens with zero attached hydrogens (tertiary/aromatic N) is 3. The van der Waals surface area contributed by atoms with Crippen LogP contribution in [0.5, 0.6) is 5.75 Å². The first kappa shape index (κ1) is 11.1. The van der Waals surface area contributed by atoms with Crippen molar-refractivity contribution >= 4 is 5.69 Å². The van der Waals surface area contributed by atoms with Gasteiger partial charge in [0.2, 0.25) is 0 Å². The van der Waals surface area contributed by atoms with Gasteiger partial charge in [-0.25, -0.2) is 10.1 Å². The van der Waals surface area contributed by atoms with Crippen LogP contribution in [-0.2, 0) is 6.42 Å². The van der Waals surface area contributed by atoms with Crippen molar-refractivity contribution < 1.29 is 14.7 Å². The number of rotatable bonds is 3. The maximum absolute atomic E-state index is 10.9. The molecule has 0 radical (unpaired) electrons. The summed E-state index contributed by atoms with van der Waals surface area (Å²) in [4.78, 5) is 21.0. The first-order valence-electron chi connectivity index (χ1n) is 4.79. The third kappa shape index (κ3) is 1.63. The SMILES string of the molecule is COc1cccc2c1CC([N+](=O)[O-])N2[N+](=O)[O-]. The number of hydrazine groups is 1. The molecule has 90 valence electrons. The molecular weight excluding hydrogens is 230 g/mol. The van der Waals surface area contributed by atoms with E-state index in [1.54, 1.807) is 12.1 Å². The normalized spacial score (nSPS) is 17.7. The van der Waals surface area contributed by atoms with Crippen molar-refractivity contribution in [1.82, 2.24) is 0 Å². The van der Waals surface area contributed by atoms with Crippen LogP contribution in [0.25, 0.3) is 0 Å². The predicted octanol–water partition coefficient (Wildman–Crippen LogP) is 0.852. The van der Waals surface area contributed by atoms with Crippen LogP contribution in [0.3, 0.4) is 0 Å². The van der Waals surface area contributed by atoms with E-state index in [-0.39, 0.29) is 12.1 Å². The average Bonchev–Trinajstić information content (AvgIpc) is 2.67. The van der Waals surface area contributed by atoms with Crippen molar-refractivity contribution in [3.63, 3.8) is 0 Å². The molecule has 1 aliphatic rings. The Balaban J connectivity index is 2.53. The fraction of sp³-hybridized carbons (Fsp3) is 0.333. The number of ether oxygens (including phenoxy) is 1. The largest absolute Gasteiger partial charge is 0.496 e. The maximum atomic E-state index is 10.9. The van der Waals surface area contributed by atoms with Gasteiger partial charge in [0, 0.05) is 5.56 Å². The zero-order chi connectivity index (χ0) is 12.6. The lowest BCUT2D eigenvalue weighted by Gasteiger charge is -2.10. The molecule has 1 heterocycles. The molecule has 0 bridgehead atoms. The molecule has 0 N–H and O–H groups in total. The highest BCUT2D eigenvalue weighted by atomic mass is 16.7. The quantitative estimate of drug-likeness (QED) is 0.572. The number of fused-ring (bicyclic) bond motifs is 1. The highest BCUT2D eigenvalue weighted by molar-refractivity contribution is 5.62. The van der Waals surface area contributed by atoms with Gasteiger partial charge in [-0.2, -0.15) is 0 Å². The Morgan fingerprint density at radius 1 is 1.41 bits per heavy atom. The molecule has 1 unspecified atom stereocenters. The lowest BCUT2D eigenvalue weighted by atomic mass is 10.1. The van der Waals surface area contributed by atoms with Crippen LogP contribution in [0.15, 0.2) is 18.2 Å². The molecule has 0 aromatic heterocycles.